The van der Waals surface area contributed by atoms with Crippen LogP contribution in [0.2, 0.25) is 0 Å². The highest BCUT2D eigenvalue weighted by molar-refractivity contribution is 6.05. The quantitative estimate of drug-likeness (QED) is 0.251. The zero-order valence-electron chi connectivity index (χ0n) is 16.3. The SMILES string of the molecule is Cc1ccc(C(=O)NC(=Cc2cccc([N+](=O)[O-])c2)C(=O)NCCCC(=O)O)cc1. The minimum Gasteiger partial charge on any atom is -0.481 e. The molecule has 0 aliphatic heterocycles. The lowest BCUT2D eigenvalue weighted by atomic mass is 10.1. The molecule has 0 bridgehead atoms. The molecule has 0 fully saturated rings. The van der Waals surface area contributed by atoms with Crippen molar-refractivity contribution in [2.45, 2.75) is 19.8 Å². The minimum absolute atomic E-state index is 0.0951. The van der Waals surface area contributed by atoms with Crippen LogP contribution in [0, 0.1) is 17.0 Å². The zero-order valence-corrected chi connectivity index (χ0v) is 16.3. The van der Waals surface area contributed by atoms with Crippen LogP contribution in [0.5, 0.6) is 0 Å². The molecule has 9 nitrogen and oxygen atoms in total. The lowest BCUT2D eigenvalue weighted by Crippen LogP contribution is -2.35. The molecule has 0 saturated heterocycles. The number of benzene rings is 2. The zero-order chi connectivity index (χ0) is 22.1. The Bertz CT molecular complexity index is 982. The van der Waals surface area contributed by atoms with Gasteiger partial charge in [-0.2, -0.15) is 0 Å². The van der Waals surface area contributed by atoms with Gasteiger partial charge in [0, 0.05) is 30.7 Å². The van der Waals surface area contributed by atoms with Crippen molar-refractivity contribution in [1.29, 1.82) is 0 Å². The third kappa shape index (κ3) is 6.86. The van der Waals surface area contributed by atoms with Crippen molar-refractivity contribution >= 4 is 29.5 Å². The number of nitro benzene ring substituents is 1. The van der Waals surface area contributed by atoms with E-state index >= 15 is 0 Å². The lowest BCUT2D eigenvalue weighted by Gasteiger charge is -2.11. The predicted octanol–water partition coefficient (Wildman–Crippen LogP) is 2.66. The van der Waals surface area contributed by atoms with Crippen molar-refractivity contribution in [3.05, 3.63) is 81.0 Å². The van der Waals surface area contributed by atoms with Crippen LogP contribution < -0.4 is 10.6 Å². The molecule has 0 aromatic heterocycles. The van der Waals surface area contributed by atoms with Crippen LogP contribution in [-0.2, 0) is 9.59 Å². The number of nitrogens with one attached hydrogen (secondary N) is 2. The van der Waals surface area contributed by atoms with E-state index in [1.54, 1.807) is 30.3 Å². The van der Waals surface area contributed by atoms with Gasteiger partial charge >= 0.3 is 5.97 Å². The summed E-state index contributed by atoms with van der Waals surface area (Å²) in [4.78, 5) is 46.1. The largest absolute Gasteiger partial charge is 0.481 e. The van der Waals surface area contributed by atoms with Crippen LogP contribution in [0.1, 0.15) is 34.3 Å². The summed E-state index contributed by atoms with van der Waals surface area (Å²) in [6, 6.07) is 12.3. The van der Waals surface area contributed by atoms with E-state index in [0.29, 0.717) is 11.1 Å². The predicted molar refractivity (Wildman–Crippen MR) is 110 cm³/mol. The number of non-ortho nitro benzene ring substituents is 1. The molecule has 0 spiro atoms. The van der Waals surface area contributed by atoms with Gasteiger partial charge in [0.05, 0.1) is 4.92 Å². The normalized spacial score (nSPS) is 10.9. The lowest BCUT2D eigenvalue weighted by molar-refractivity contribution is -0.384. The summed E-state index contributed by atoms with van der Waals surface area (Å²) in [5, 5.41) is 24.7. The summed E-state index contributed by atoms with van der Waals surface area (Å²) in [6.45, 7) is 1.97. The van der Waals surface area contributed by atoms with Crippen LogP contribution in [0.25, 0.3) is 6.08 Å². The second-order valence-corrected chi connectivity index (χ2v) is 6.48. The summed E-state index contributed by atoms with van der Waals surface area (Å²) in [5.74, 6) is -2.14. The molecular weight excluding hydrogens is 390 g/mol. The van der Waals surface area contributed by atoms with E-state index in [1.165, 1.54) is 24.3 Å². The highest BCUT2D eigenvalue weighted by Gasteiger charge is 2.15. The number of aryl methyl sites for hydroxylation is 1. The Morgan fingerprint density at radius 3 is 2.47 bits per heavy atom. The molecule has 9 heteroatoms. The van der Waals surface area contributed by atoms with Gasteiger partial charge in [-0.05, 0) is 37.1 Å². The Morgan fingerprint density at radius 2 is 1.83 bits per heavy atom. The number of carboxylic acids is 1. The maximum absolute atomic E-state index is 12.6. The first kappa shape index (κ1) is 22.3. The number of rotatable bonds is 9. The van der Waals surface area contributed by atoms with E-state index < -0.39 is 22.7 Å². The van der Waals surface area contributed by atoms with Gasteiger partial charge in [0.2, 0.25) is 0 Å². The van der Waals surface area contributed by atoms with E-state index in [9.17, 15) is 24.5 Å². The fraction of sp³-hybridized carbons (Fsp3) is 0.190. The first-order valence-electron chi connectivity index (χ1n) is 9.10. The van der Waals surface area contributed by atoms with Gasteiger partial charge in [-0.25, -0.2) is 0 Å². The average Bonchev–Trinajstić information content (AvgIpc) is 2.71. The summed E-state index contributed by atoms with van der Waals surface area (Å²) in [5.41, 5.74) is 1.38. The Balaban J connectivity index is 2.24. The molecule has 0 atom stereocenters. The van der Waals surface area contributed by atoms with Crippen molar-refractivity contribution in [2.75, 3.05) is 6.54 Å². The van der Waals surface area contributed by atoms with Crippen molar-refractivity contribution in [1.82, 2.24) is 10.6 Å². The minimum atomic E-state index is -0.982. The summed E-state index contributed by atoms with van der Waals surface area (Å²) in [6.07, 6.45) is 1.43. The fourth-order valence-electron chi connectivity index (χ4n) is 2.49. The van der Waals surface area contributed by atoms with Crippen LogP contribution in [0.3, 0.4) is 0 Å². The molecule has 3 N–H and O–H groups in total. The number of nitrogens with zero attached hydrogens (tertiary/aromatic N) is 1. The number of hydrogen-bond acceptors (Lipinski definition) is 5. The van der Waals surface area contributed by atoms with Crippen molar-refractivity contribution in [3.8, 4) is 0 Å². The van der Waals surface area contributed by atoms with Gasteiger partial charge in [0.15, 0.2) is 0 Å². The van der Waals surface area contributed by atoms with Gasteiger partial charge in [0.25, 0.3) is 17.5 Å². The Labute approximate surface area is 172 Å². The molecule has 0 saturated carbocycles. The second-order valence-electron chi connectivity index (χ2n) is 6.48. The first-order valence-corrected chi connectivity index (χ1v) is 9.10. The Kier molecular flexibility index (Phi) is 7.81. The molecule has 0 unspecified atom stereocenters. The maximum Gasteiger partial charge on any atom is 0.303 e. The average molecular weight is 411 g/mol. The van der Waals surface area contributed by atoms with Crippen LogP contribution in [0.15, 0.2) is 54.2 Å². The number of aliphatic carboxylic acids is 1. The molecule has 156 valence electrons. The van der Waals surface area contributed by atoms with E-state index in [0.717, 1.165) is 5.56 Å². The molecule has 0 aliphatic carbocycles. The van der Waals surface area contributed by atoms with E-state index in [4.69, 9.17) is 5.11 Å². The molecular formula is C21H21N3O6. The van der Waals surface area contributed by atoms with Gasteiger partial charge in [-0.15, -0.1) is 0 Å². The number of carbonyl (C=O) groups is 3. The maximum atomic E-state index is 12.6. The number of carbonyl (C=O) groups excluding carboxylic acids is 2. The third-order valence-corrected chi connectivity index (χ3v) is 4.05. The summed E-state index contributed by atoms with van der Waals surface area (Å²) >= 11 is 0. The topological polar surface area (TPSA) is 139 Å². The van der Waals surface area contributed by atoms with Crippen molar-refractivity contribution in [3.63, 3.8) is 0 Å². The highest BCUT2D eigenvalue weighted by atomic mass is 16.6. The number of carboxylic acid groups (broad SMARTS) is 1. The number of amides is 2. The van der Waals surface area contributed by atoms with Crippen molar-refractivity contribution in [2.24, 2.45) is 0 Å². The van der Waals surface area contributed by atoms with Gasteiger partial charge in [0.1, 0.15) is 5.70 Å². The second kappa shape index (κ2) is 10.5. The van der Waals surface area contributed by atoms with Crippen LogP contribution in [-0.4, -0.2) is 34.4 Å². The smallest absolute Gasteiger partial charge is 0.303 e. The summed E-state index contributed by atoms with van der Waals surface area (Å²) in [7, 11) is 0. The molecule has 2 rings (SSSR count). The fourth-order valence-corrected chi connectivity index (χ4v) is 2.49. The Hall–Kier alpha value is -4.01. The molecule has 2 amide bonds. The molecule has 30 heavy (non-hydrogen) atoms. The standard InChI is InChI=1S/C21H21N3O6/c1-14-7-9-16(10-8-14)20(27)23-18(21(28)22-11-3-6-19(25)26)13-15-4-2-5-17(12-15)24(29)30/h2,4-5,7-10,12-13H,3,6,11H2,1H3,(H,22,28)(H,23,27)(H,25,26). The van der Waals surface area contributed by atoms with Gasteiger partial charge in [-0.1, -0.05) is 29.8 Å². The highest BCUT2D eigenvalue weighted by Crippen LogP contribution is 2.15. The van der Waals surface area contributed by atoms with Gasteiger partial charge in [-0.3, -0.25) is 24.5 Å². The Morgan fingerprint density at radius 1 is 1.13 bits per heavy atom. The van der Waals surface area contributed by atoms with E-state index in [1.807, 2.05) is 6.92 Å². The van der Waals surface area contributed by atoms with Crippen LogP contribution in [0.4, 0.5) is 5.69 Å². The molecule has 0 radical (unpaired) electrons. The third-order valence-electron chi connectivity index (χ3n) is 4.05. The van der Waals surface area contributed by atoms with Crippen molar-refractivity contribution < 1.29 is 24.4 Å². The number of hydrogen-bond donors (Lipinski definition) is 3. The van der Waals surface area contributed by atoms with Crippen LogP contribution >= 0.6 is 0 Å². The molecule has 2 aromatic carbocycles. The number of nitro groups is 1. The first-order chi connectivity index (χ1) is 14.3. The molecule has 2 aromatic rings. The van der Waals surface area contributed by atoms with Gasteiger partial charge < -0.3 is 15.7 Å². The van der Waals surface area contributed by atoms with E-state index in [2.05, 4.69) is 10.6 Å². The monoisotopic (exact) mass is 411 g/mol. The summed E-state index contributed by atoms with van der Waals surface area (Å²) < 4.78 is 0. The molecule has 0 heterocycles. The molecule has 0 aliphatic rings. The van der Waals surface area contributed by atoms with E-state index in [-0.39, 0.29) is 30.8 Å².